The molecule has 5 rings (SSSR count). The average molecular weight is 454 g/mol. The van der Waals surface area contributed by atoms with Crippen LogP contribution in [0.1, 0.15) is 23.9 Å². The van der Waals surface area contributed by atoms with Gasteiger partial charge in [0.15, 0.2) is 5.82 Å². The summed E-state index contributed by atoms with van der Waals surface area (Å²) in [6.45, 7) is 6.30. The van der Waals surface area contributed by atoms with Gasteiger partial charge in [-0.05, 0) is 31.5 Å². The summed E-state index contributed by atoms with van der Waals surface area (Å²) >= 11 is 0. The Bertz CT molecular complexity index is 1440. The Hall–Kier alpha value is -3.44. The summed E-state index contributed by atoms with van der Waals surface area (Å²) in [6, 6.07) is 7.26. The van der Waals surface area contributed by atoms with Gasteiger partial charge in [0.05, 0.1) is 18.0 Å². The summed E-state index contributed by atoms with van der Waals surface area (Å²) in [5.74, 6) is 1.56. The van der Waals surface area contributed by atoms with Crippen molar-refractivity contribution >= 4 is 27.4 Å². The van der Waals surface area contributed by atoms with Gasteiger partial charge in [-0.2, -0.15) is 5.10 Å². The SMILES string of the molecule is CCNS(=O)(=O)c1cc(-c2cc3nc(C)cn3c(Nc3cc(C)[nH]n3)n2)cc2c1OCC2. The van der Waals surface area contributed by atoms with Gasteiger partial charge in [0.1, 0.15) is 16.3 Å². The van der Waals surface area contributed by atoms with Gasteiger partial charge < -0.3 is 10.1 Å². The quantitative estimate of drug-likeness (QED) is 0.410. The van der Waals surface area contributed by atoms with Crippen molar-refractivity contribution in [1.82, 2.24) is 29.3 Å². The number of imidazole rings is 1. The van der Waals surface area contributed by atoms with E-state index in [0.717, 1.165) is 17.0 Å². The van der Waals surface area contributed by atoms with E-state index in [1.807, 2.05) is 42.6 Å². The summed E-state index contributed by atoms with van der Waals surface area (Å²) in [4.78, 5) is 9.49. The fourth-order valence-corrected chi connectivity index (χ4v) is 5.08. The molecule has 0 fully saturated rings. The van der Waals surface area contributed by atoms with Gasteiger partial charge in [0, 0.05) is 42.6 Å². The normalized spacial score (nSPS) is 13.3. The first-order valence-electron chi connectivity index (χ1n) is 10.3. The highest BCUT2D eigenvalue weighted by Gasteiger charge is 2.27. The van der Waals surface area contributed by atoms with Gasteiger partial charge in [0.25, 0.3) is 0 Å². The van der Waals surface area contributed by atoms with E-state index in [-0.39, 0.29) is 11.4 Å². The van der Waals surface area contributed by atoms with Gasteiger partial charge in [0.2, 0.25) is 16.0 Å². The van der Waals surface area contributed by atoms with Crippen molar-refractivity contribution in [2.45, 2.75) is 32.1 Å². The van der Waals surface area contributed by atoms with Gasteiger partial charge >= 0.3 is 0 Å². The van der Waals surface area contributed by atoms with E-state index in [1.165, 1.54) is 0 Å². The minimum absolute atomic E-state index is 0.128. The smallest absolute Gasteiger partial charge is 0.244 e. The Morgan fingerprint density at radius 1 is 1.19 bits per heavy atom. The monoisotopic (exact) mass is 453 g/mol. The van der Waals surface area contributed by atoms with Crippen LogP contribution in [0.2, 0.25) is 0 Å². The second kappa shape index (κ2) is 7.61. The van der Waals surface area contributed by atoms with Crippen molar-refractivity contribution < 1.29 is 13.2 Å². The number of sulfonamides is 1. The van der Waals surface area contributed by atoms with Crippen LogP contribution in [-0.4, -0.2) is 46.1 Å². The summed E-state index contributed by atoms with van der Waals surface area (Å²) in [7, 11) is -3.71. The van der Waals surface area contributed by atoms with Crippen LogP contribution < -0.4 is 14.8 Å². The number of hydrogen-bond donors (Lipinski definition) is 3. The molecule has 0 spiro atoms. The Morgan fingerprint density at radius 2 is 2.03 bits per heavy atom. The van der Waals surface area contributed by atoms with Crippen LogP contribution in [0.5, 0.6) is 5.75 Å². The van der Waals surface area contributed by atoms with Gasteiger partial charge in [-0.15, -0.1) is 0 Å². The maximum Gasteiger partial charge on any atom is 0.244 e. The molecule has 3 N–H and O–H groups in total. The van der Waals surface area contributed by atoms with E-state index in [4.69, 9.17) is 9.72 Å². The van der Waals surface area contributed by atoms with E-state index >= 15 is 0 Å². The zero-order chi connectivity index (χ0) is 22.5. The van der Waals surface area contributed by atoms with Crippen molar-refractivity contribution in [1.29, 1.82) is 0 Å². The molecule has 166 valence electrons. The van der Waals surface area contributed by atoms with Crippen LogP contribution >= 0.6 is 0 Å². The molecule has 0 radical (unpaired) electrons. The van der Waals surface area contributed by atoms with Crippen molar-refractivity contribution in [2.24, 2.45) is 0 Å². The molecular formula is C21H23N7O3S. The lowest BCUT2D eigenvalue weighted by atomic mass is 10.1. The Morgan fingerprint density at radius 3 is 2.78 bits per heavy atom. The van der Waals surface area contributed by atoms with E-state index in [9.17, 15) is 8.42 Å². The number of nitrogens with one attached hydrogen (secondary N) is 3. The molecule has 0 aliphatic carbocycles. The number of H-pyrrole nitrogens is 1. The summed E-state index contributed by atoms with van der Waals surface area (Å²) in [5.41, 5.74) is 4.56. The standard InChI is InChI=1S/C21H23N7O3S/c1-4-22-32(29,30)17-9-15(8-14-5-6-31-20(14)17)16-10-19-23-13(3)11-28(19)21(24-16)25-18-7-12(2)26-27-18/h7-11,22H,4-6H2,1-3H3,(H2,24,25,26,27). The first-order valence-corrected chi connectivity index (χ1v) is 11.8. The Balaban J connectivity index is 1.68. The number of aryl methyl sites for hydroxylation is 2. The number of aromatic nitrogens is 5. The predicted octanol–water partition coefficient (Wildman–Crippen LogP) is 2.71. The molecule has 32 heavy (non-hydrogen) atoms. The maximum absolute atomic E-state index is 12.8. The van der Waals surface area contributed by atoms with E-state index < -0.39 is 10.0 Å². The molecular weight excluding hydrogens is 430 g/mol. The van der Waals surface area contributed by atoms with Gasteiger partial charge in [-0.25, -0.2) is 23.1 Å². The maximum atomic E-state index is 12.8. The molecule has 3 aromatic heterocycles. The molecule has 1 aliphatic rings. The van der Waals surface area contributed by atoms with Crippen LogP contribution in [-0.2, 0) is 16.4 Å². The van der Waals surface area contributed by atoms with E-state index in [2.05, 4.69) is 25.2 Å². The van der Waals surface area contributed by atoms with E-state index in [0.29, 0.717) is 47.4 Å². The minimum atomic E-state index is -3.71. The van der Waals surface area contributed by atoms with Crippen LogP contribution in [0.25, 0.3) is 16.9 Å². The highest BCUT2D eigenvalue weighted by molar-refractivity contribution is 7.89. The Labute approximate surface area is 185 Å². The van der Waals surface area contributed by atoms with Crippen LogP contribution in [0.15, 0.2) is 35.4 Å². The molecule has 10 nitrogen and oxygen atoms in total. The number of nitrogens with zero attached hydrogens (tertiary/aromatic N) is 4. The summed E-state index contributed by atoms with van der Waals surface area (Å²) in [6.07, 6.45) is 2.52. The molecule has 0 saturated heterocycles. The topological polar surface area (TPSA) is 126 Å². The first-order chi connectivity index (χ1) is 15.3. The lowest BCUT2D eigenvalue weighted by molar-refractivity contribution is 0.348. The molecule has 0 atom stereocenters. The third kappa shape index (κ3) is 3.59. The van der Waals surface area contributed by atoms with E-state index in [1.54, 1.807) is 13.0 Å². The number of aromatic amines is 1. The van der Waals surface area contributed by atoms with Crippen LogP contribution in [0.3, 0.4) is 0 Å². The predicted molar refractivity (Wildman–Crippen MR) is 120 cm³/mol. The summed E-state index contributed by atoms with van der Waals surface area (Å²) < 4.78 is 35.8. The lowest BCUT2D eigenvalue weighted by Crippen LogP contribution is -2.23. The first kappa shape index (κ1) is 20.5. The zero-order valence-corrected chi connectivity index (χ0v) is 18.7. The third-order valence-corrected chi connectivity index (χ3v) is 6.74. The fourth-order valence-electron chi connectivity index (χ4n) is 3.83. The highest BCUT2D eigenvalue weighted by Crippen LogP contribution is 2.37. The van der Waals surface area contributed by atoms with Crippen LogP contribution in [0.4, 0.5) is 11.8 Å². The molecule has 1 aliphatic heterocycles. The number of rotatable bonds is 6. The van der Waals surface area contributed by atoms with Crippen molar-refractivity contribution in [3.8, 4) is 17.0 Å². The number of fused-ring (bicyclic) bond motifs is 2. The molecule has 4 heterocycles. The molecule has 4 aromatic rings. The fraction of sp³-hybridized carbons (Fsp3) is 0.286. The molecule has 0 saturated carbocycles. The van der Waals surface area contributed by atoms with Gasteiger partial charge in [-0.1, -0.05) is 6.92 Å². The minimum Gasteiger partial charge on any atom is -0.492 e. The molecule has 0 bridgehead atoms. The summed E-state index contributed by atoms with van der Waals surface area (Å²) in [5, 5.41) is 10.4. The molecule has 11 heteroatoms. The largest absolute Gasteiger partial charge is 0.492 e. The highest BCUT2D eigenvalue weighted by atomic mass is 32.2. The van der Waals surface area contributed by atoms with Crippen molar-refractivity contribution in [2.75, 3.05) is 18.5 Å². The Kier molecular flexibility index (Phi) is 4.86. The molecule has 1 aromatic carbocycles. The second-order valence-corrected chi connectivity index (χ2v) is 9.43. The van der Waals surface area contributed by atoms with Crippen molar-refractivity contribution in [3.63, 3.8) is 0 Å². The lowest BCUT2D eigenvalue weighted by Gasteiger charge is -2.13. The third-order valence-electron chi connectivity index (χ3n) is 5.19. The number of ether oxygens (including phenoxy) is 1. The number of hydrogen-bond acceptors (Lipinski definition) is 7. The van der Waals surface area contributed by atoms with Crippen molar-refractivity contribution in [3.05, 3.63) is 47.4 Å². The van der Waals surface area contributed by atoms with Gasteiger partial charge in [-0.3, -0.25) is 9.50 Å². The van der Waals surface area contributed by atoms with Crippen LogP contribution in [0, 0.1) is 13.8 Å². The second-order valence-electron chi connectivity index (χ2n) is 7.70. The number of benzene rings is 1. The number of anilines is 2. The average Bonchev–Trinajstić information content (AvgIpc) is 3.46. The molecule has 0 unspecified atom stereocenters. The zero-order valence-electron chi connectivity index (χ0n) is 17.9. The molecule has 0 amide bonds.